The molecule has 0 fully saturated rings. The highest BCUT2D eigenvalue weighted by atomic mass is 16.5. The first-order chi connectivity index (χ1) is 13.7. The highest BCUT2D eigenvalue weighted by Crippen LogP contribution is 2.24. The van der Waals surface area contributed by atoms with E-state index in [-0.39, 0.29) is 19.1 Å². The number of ether oxygens (including phenoxy) is 2. The number of nitrogens with one attached hydrogen (secondary N) is 1. The quantitative estimate of drug-likeness (QED) is 0.613. The van der Waals surface area contributed by atoms with Crippen molar-refractivity contribution in [3.8, 4) is 17.2 Å². The smallest absolute Gasteiger partial charge is 0.246 e. The molecule has 0 saturated carbocycles. The number of hydrogen-bond acceptors (Lipinski definition) is 6. The number of methoxy groups -OCH3 is 1. The molecular formula is C21H23N3O4. The van der Waals surface area contributed by atoms with Crippen molar-refractivity contribution >= 4 is 5.91 Å². The normalized spacial score (nSPS) is 10.6. The van der Waals surface area contributed by atoms with Crippen LogP contribution in [-0.2, 0) is 22.6 Å². The summed E-state index contributed by atoms with van der Waals surface area (Å²) in [4.78, 5) is 20.3. The van der Waals surface area contributed by atoms with Crippen molar-refractivity contribution in [2.45, 2.75) is 20.0 Å². The van der Waals surface area contributed by atoms with Crippen LogP contribution in [0, 0.1) is 6.92 Å². The third-order valence-corrected chi connectivity index (χ3v) is 4.19. The van der Waals surface area contributed by atoms with Gasteiger partial charge in [-0.2, -0.15) is 0 Å². The summed E-state index contributed by atoms with van der Waals surface area (Å²) in [7, 11) is 1.62. The number of hydrogen-bond donors (Lipinski definition) is 1. The number of carbonyl (C=O) groups excluding carboxylic acids is 1. The summed E-state index contributed by atoms with van der Waals surface area (Å²) in [5.74, 6) is 1.79. The zero-order chi connectivity index (χ0) is 19.8. The summed E-state index contributed by atoms with van der Waals surface area (Å²) in [5.41, 5.74) is 2.65. The maximum absolute atomic E-state index is 11.9. The van der Waals surface area contributed by atoms with Crippen molar-refractivity contribution in [1.82, 2.24) is 15.3 Å². The molecule has 1 amide bonds. The number of pyridine rings is 1. The SMILES string of the molecule is COc1ccc(-c2nc(COCC(=O)NCCc3ccncc3)c(C)o2)cc1. The van der Waals surface area contributed by atoms with Crippen LogP contribution in [-0.4, -0.2) is 36.1 Å². The summed E-state index contributed by atoms with van der Waals surface area (Å²) < 4.78 is 16.3. The molecule has 7 nitrogen and oxygen atoms in total. The summed E-state index contributed by atoms with van der Waals surface area (Å²) >= 11 is 0. The third-order valence-electron chi connectivity index (χ3n) is 4.19. The first-order valence-corrected chi connectivity index (χ1v) is 9.00. The van der Waals surface area contributed by atoms with Crippen molar-refractivity contribution in [2.24, 2.45) is 0 Å². The van der Waals surface area contributed by atoms with Crippen LogP contribution in [0.5, 0.6) is 5.75 Å². The van der Waals surface area contributed by atoms with E-state index in [9.17, 15) is 4.79 Å². The fraction of sp³-hybridized carbons (Fsp3) is 0.286. The molecule has 1 N–H and O–H groups in total. The highest BCUT2D eigenvalue weighted by Gasteiger charge is 2.12. The lowest BCUT2D eigenvalue weighted by atomic mass is 10.2. The van der Waals surface area contributed by atoms with E-state index in [0.29, 0.717) is 23.9 Å². The number of nitrogens with zero attached hydrogens (tertiary/aromatic N) is 2. The standard InChI is InChI=1S/C21H23N3O4/c1-15-19(24-21(28-15)17-3-5-18(26-2)6-4-17)13-27-14-20(25)23-12-9-16-7-10-22-11-8-16/h3-8,10-11H,9,12-14H2,1-2H3,(H,23,25). The molecule has 2 heterocycles. The van der Waals surface area contributed by atoms with E-state index in [4.69, 9.17) is 13.9 Å². The summed E-state index contributed by atoms with van der Waals surface area (Å²) in [6.07, 6.45) is 4.23. The van der Waals surface area contributed by atoms with Gasteiger partial charge in [0.1, 0.15) is 23.8 Å². The summed E-state index contributed by atoms with van der Waals surface area (Å²) in [6, 6.07) is 11.3. The Morgan fingerprint density at radius 1 is 1.14 bits per heavy atom. The van der Waals surface area contributed by atoms with Crippen molar-refractivity contribution in [3.63, 3.8) is 0 Å². The largest absolute Gasteiger partial charge is 0.497 e. The van der Waals surface area contributed by atoms with Crippen LogP contribution >= 0.6 is 0 Å². The molecule has 0 aliphatic carbocycles. The molecule has 1 aromatic carbocycles. The lowest BCUT2D eigenvalue weighted by molar-refractivity contribution is -0.126. The van der Waals surface area contributed by atoms with Crippen LogP contribution < -0.4 is 10.1 Å². The fourth-order valence-electron chi connectivity index (χ4n) is 2.61. The molecule has 0 bridgehead atoms. The Hall–Kier alpha value is -3.19. The van der Waals surface area contributed by atoms with E-state index >= 15 is 0 Å². The third kappa shape index (κ3) is 5.40. The maximum Gasteiger partial charge on any atom is 0.246 e. The number of aryl methyl sites for hydroxylation is 1. The monoisotopic (exact) mass is 381 g/mol. The number of oxazole rings is 1. The minimum absolute atomic E-state index is 0.0273. The molecule has 0 unspecified atom stereocenters. The molecule has 0 saturated heterocycles. The van der Waals surface area contributed by atoms with Gasteiger partial charge in [0.05, 0.1) is 13.7 Å². The van der Waals surface area contributed by atoms with Crippen molar-refractivity contribution < 1.29 is 18.7 Å². The second-order valence-corrected chi connectivity index (χ2v) is 6.20. The van der Waals surface area contributed by atoms with Gasteiger partial charge in [-0.3, -0.25) is 9.78 Å². The number of benzene rings is 1. The second-order valence-electron chi connectivity index (χ2n) is 6.20. The Bertz CT molecular complexity index is 892. The summed E-state index contributed by atoms with van der Waals surface area (Å²) in [6.45, 7) is 2.56. The summed E-state index contributed by atoms with van der Waals surface area (Å²) in [5, 5.41) is 2.83. The lowest BCUT2D eigenvalue weighted by Gasteiger charge is -2.05. The molecule has 146 valence electrons. The van der Waals surface area contributed by atoms with Gasteiger partial charge in [-0.25, -0.2) is 4.98 Å². The molecule has 7 heteroatoms. The van der Waals surface area contributed by atoms with E-state index in [2.05, 4.69) is 15.3 Å². The second kappa shape index (κ2) is 9.66. The molecule has 0 aliphatic heterocycles. The van der Waals surface area contributed by atoms with Gasteiger partial charge in [0, 0.05) is 24.5 Å². The van der Waals surface area contributed by atoms with Crippen molar-refractivity contribution in [3.05, 3.63) is 65.8 Å². The van der Waals surface area contributed by atoms with Crippen LogP contribution in [0.2, 0.25) is 0 Å². The van der Waals surface area contributed by atoms with E-state index in [1.165, 1.54) is 0 Å². The molecule has 3 aromatic rings. The van der Waals surface area contributed by atoms with Gasteiger partial charge in [-0.15, -0.1) is 0 Å². The number of rotatable bonds is 9. The van der Waals surface area contributed by atoms with Gasteiger partial charge >= 0.3 is 0 Å². The van der Waals surface area contributed by atoms with Crippen LogP contribution in [0.3, 0.4) is 0 Å². The van der Waals surface area contributed by atoms with Crippen LogP contribution in [0.25, 0.3) is 11.5 Å². The van der Waals surface area contributed by atoms with Gasteiger partial charge < -0.3 is 19.2 Å². The van der Waals surface area contributed by atoms with Crippen LogP contribution in [0.1, 0.15) is 17.0 Å². The van der Waals surface area contributed by atoms with Gasteiger partial charge in [0.2, 0.25) is 11.8 Å². The zero-order valence-corrected chi connectivity index (χ0v) is 16.0. The minimum Gasteiger partial charge on any atom is -0.497 e. The number of carbonyl (C=O) groups is 1. The zero-order valence-electron chi connectivity index (χ0n) is 16.0. The average molecular weight is 381 g/mol. The van der Waals surface area contributed by atoms with Gasteiger partial charge in [0.15, 0.2) is 0 Å². The first kappa shape index (κ1) is 19.6. The molecular weight excluding hydrogens is 358 g/mol. The van der Waals surface area contributed by atoms with Crippen molar-refractivity contribution in [1.29, 1.82) is 0 Å². The van der Waals surface area contributed by atoms with Crippen LogP contribution in [0.15, 0.2) is 53.2 Å². The molecule has 28 heavy (non-hydrogen) atoms. The maximum atomic E-state index is 11.9. The Kier molecular flexibility index (Phi) is 6.75. The predicted octanol–water partition coefficient (Wildman–Crippen LogP) is 2.93. The molecule has 0 radical (unpaired) electrons. The van der Waals surface area contributed by atoms with E-state index in [1.54, 1.807) is 19.5 Å². The van der Waals surface area contributed by atoms with Gasteiger partial charge in [-0.1, -0.05) is 0 Å². The molecule has 0 aliphatic rings. The lowest BCUT2D eigenvalue weighted by Crippen LogP contribution is -2.29. The highest BCUT2D eigenvalue weighted by molar-refractivity contribution is 5.77. The molecule has 3 rings (SSSR count). The average Bonchev–Trinajstić information content (AvgIpc) is 3.09. The topological polar surface area (TPSA) is 86.5 Å². The molecule has 2 aromatic heterocycles. The van der Waals surface area contributed by atoms with E-state index < -0.39 is 0 Å². The number of amides is 1. The Morgan fingerprint density at radius 2 is 1.89 bits per heavy atom. The number of aromatic nitrogens is 2. The van der Waals surface area contributed by atoms with E-state index in [0.717, 1.165) is 23.3 Å². The molecule has 0 spiro atoms. The van der Waals surface area contributed by atoms with E-state index in [1.807, 2.05) is 43.3 Å². The van der Waals surface area contributed by atoms with Gasteiger partial charge in [-0.05, 0) is 55.3 Å². The van der Waals surface area contributed by atoms with Crippen molar-refractivity contribution in [2.75, 3.05) is 20.3 Å². The Labute approximate surface area is 163 Å². The fourth-order valence-corrected chi connectivity index (χ4v) is 2.61. The predicted molar refractivity (Wildman–Crippen MR) is 104 cm³/mol. The van der Waals surface area contributed by atoms with Gasteiger partial charge in [0.25, 0.3) is 0 Å². The van der Waals surface area contributed by atoms with Crippen LogP contribution in [0.4, 0.5) is 0 Å². The minimum atomic E-state index is -0.161. The molecule has 0 atom stereocenters. The Balaban J connectivity index is 1.44. The Morgan fingerprint density at radius 3 is 2.61 bits per heavy atom. The first-order valence-electron chi connectivity index (χ1n) is 9.00.